The van der Waals surface area contributed by atoms with Crippen molar-refractivity contribution in [3.05, 3.63) is 160 Å². The van der Waals surface area contributed by atoms with E-state index < -0.39 is 0 Å². The third-order valence-corrected chi connectivity index (χ3v) is 8.81. The minimum absolute atomic E-state index is 1.19. The third-order valence-electron chi connectivity index (χ3n) is 8.81. The van der Waals surface area contributed by atoms with Gasteiger partial charge in [0.2, 0.25) is 0 Å². The minimum Gasteiger partial charge on any atom is -0.310 e. The number of aryl methyl sites for hydroxylation is 4. The molecule has 1 nitrogen and oxygen atoms in total. The van der Waals surface area contributed by atoms with Crippen molar-refractivity contribution in [3.8, 4) is 0 Å². The van der Waals surface area contributed by atoms with Crippen molar-refractivity contribution in [3.63, 3.8) is 0 Å². The highest BCUT2D eigenvalue weighted by atomic mass is 15.1. The van der Waals surface area contributed by atoms with Gasteiger partial charge < -0.3 is 4.90 Å². The molecule has 7 rings (SSSR count). The van der Waals surface area contributed by atoms with Gasteiger partial charge in [0.15, 0.2) is 0 Å². The van der Waals surface area contributed by atoms with Crippen molar-refractivity contribution in [2.24, 2.45) is 0 Å². The zero-order valence-corrected chi connectivity index (χ0v) is 23.7. The molecule has 0 bridgehead atoms. The van der Waals surface area contributed by atoms with Crippen LogP contribution in [-0.2, 0) is 25.7 Å². The molecule has 41 heavy (non-hydrogen) atoms. The fourth-order valence-corrected chi connectivity index (χ4v) is 6.62. The molecular weight excluding hydrogens is 494 g/mol. The van der Waals surface area contributed by atoms with Crippen molar-refractivity contribution in [1.82, 2.24) is 0 Å². The molecule has 0 N–H and O–H groups in total. The molecule has 0 saturated carbocycles. The van der Waals surface area contributed by atoms with Gasteiger partial charge in [0.25, 0.3) is 0 Å². The van der Waals surface area contributed by atoms with Crippen LogP contribution in [0, 0.1) is 0 Å². The molecule has 0 unspecified atom stereocenters. The van der Waals surface area contributed by atoms with E-state index in [0.29, 0.717) is 0 Å². The molecule has 5 aromatic carbocycles. The van der Waals surface area contributed by atoms with Crippen LogP contribution in [0.5, 0.6) is 0 Å². The molecule has 0 radical (unpaired) electrons. The lowest BCUT2D eigenvalue weighted by Crippen LogP contribution is -2.13. The lowest BCUT2D eigenvalue weighted by Gasteiger charge is -2.29. The van der Waals surface area contributed by atoms with Crippen LogP contribution in [-0.4, -0.2) is 0 Å². The van der Waals surface area contributed by atoms with Crippen molar-refractivity contribution in [2.45, 2.75) is 51.4 Å². The van der Waals surface area contributed by atoms with Crippen LogP contribution in [0.4, 0.5) is 17.1 Å². The summed E-state index contributed by atoms with van der Waals surface area (Å²) in [5.74, 6) is 0. The Kier molecular flexibility index (Phi) is 7.26. The SMILES string of the molecule is C(=C(c1ccccc1)c1ccccc1)c1ccc(N(c2ccc3c(c2)CCCC3)c2ccc3c(c2)CCCC3)cc1. The van der Waals surface area contributed by atoms with Gasteiger partial charge in [0.05, 0.1) is 0 Å². The lowest BCUT2D eigenvalue weighted by atomic mass is 9.90. The van der Waals surface area contributed by atoms with Gasteiger partial charge in [-0.2, -0.15) is 0 Å². The molecule has 202 valence electrons. The number of fused-ring (bicyclic) bond motifs is 2. The van der Waals surface area contributed by atoms with Gasteiger partial charge in [-0.1, -0.05) is 84.9 Å². The summed E-state index contributed by atoms with van der Waals surface area (Å²) in [7, 11) is 0. The highest BCUT2D eigenvalue weighted by molar-refractivity contribution is 5.91. The Morgan fingerprint density at radius 2 is 0.878 bits per heavy atom. The Morgan fingerprint density at radius 3 is 1.37 bits per heavy atom. The van der Waals surface area contributed by atoms with E-state index >= 15 is 0 Å². The summed E-state index contributed by atoms with van der Waals surface area (Å²) in [5.41, 5.74) is 14.7. The second-order valence-corrected chi connectivity index (χ2v) is 11.5. The van der Waals surface area contributed by atoms with Crippen LogP contribution >= 0.6 is 0 Å². The van der Waals surface area contributed by atoms with Gasteiger partial charge in [0.1, 0.15) is 0 Å². The zero-order chi connectivity index (χ0) is 27.4. The van der Waals surface area contributed by atoms with Crippen molar-refractivity contribution in [2.75, 3.05) is 4.90 Å². The summed E-state index contributed by atoms with van der Waals surface area (Å²) in [4.78, 5) is 2.46. The number of hydrogen-bond donors (Lipinski definition) is 0. The summed E-state index contributed by atoms with van der Waals surface area (Å²) in [5, 5.41) is 0. The summed E-state index contributed by atoms with van der Waals surface area (Å²) in [6.07, 6.45) is 12.3. The number of benzene rings is 5. The first-order valence-electron chi connectivity index (χ1n) is 15.3. The molecule has 5 aromatic rings. The summed E-state index contributed by atoms with van der Waals surface area (Å²) >= 11 is 0. The van der Waals surface area contributed by atoms with Crippen molar-refractivity contribution < 1.29 is 0 Å². The number of nitrogens with zero attached hydrogens (tertiary/aromatic N) is 1. The average Bonchev–Trinajstić information content (AvgIpc) is 3.05. The van der Waals surface area contributed by atoms with Crippen LogP contribution in [0.2, 0.25) is 0 Å². The lowest BCUT2D eigenvalue weighted by molar-refractivity contribution is 0.685. The van der Waals surface area contributed by atoms with Crippen LogP contribution in [0.3, 0.4) is 0 Å². The van der Waals surface area contributed by atoms with Crippen LogP contribution in [0.1, 0.15) is 64.6 Å². The molecule has 0 aromatic heterocycles. The Bertz CT molecular complexity index is 1560. The third kappa shape index (κ3) is 5.50. The second-order valence-electron chi connectivity index (χ2n) is 11.5. The first kappa shape index (κ1) is 25.6. The predicted molar refractivity (Wildman–Crippen MR) is 174 cm³/mol. The first-order chi connectivity index (χ1) is 20.3. The second kappa shape index (κ2) is 11.6. The molecule has 1 heteroatoms. The highest BCUT2D eigenvalue weighted by Crippen LogP contribution is 2.39. The van der Waals surface area contributed by atoms with E-state index in [9.17, 15) is 0 Å². The van der Waals surface area contributed by atoms with Crippen LogP contribution < -0.4 is 4.90 Å². The average molecular weight is 532 g/mol. The maximum absolute atomic E-state index is 2.46. The summed E-state index contributed by atoms with van der Waals surface area (Å²) < 4.78 is 0. The molecule has 0 fully saturated rings. The van der Waals surface area contributed by atoms with E-state index in [1.54, 1.807) is 0 Å². The van der Waals surface area contributed by atoms with Gasteiger partial charge in [-0.15, -0.1) is 0 Å². The van der Waals surface area contributed by atoms with Gasteiger partial charge >= 0.3 is 0 Å². The molecule has 2 aliphatic carbocycles. The molecule has 0 aliphatic heterocycles. The molecule has 0 spiro atoms. The minimum atomic E-state index is 1.19. The van der Waals surface area contributed by atoms with E-state index in [-0.39, 0.29) is 0 Å². The fourth-order valence-electron chi connectivity index (χ4n) is 6.62. The Labute approximate surface area is 244 Å². The predicted octanol–water partition coefficient (Wildman–Crippen LogP) is 10.5. The van der Waals surface area contributed by atoms with Crippen LogP contribution in [0.25, 0.3) is 11.6 Å². The molecule has 0 saturated heterocycles. The van der Waals surface area contributed by atoms with E-state index in [2.05, 4.69) is 132 Å². The van der Waals surface area contributed by atoms with E-state index in [1.807, 2.05) is 0 Å². The topological polar surface area (TPSA) is 3.24 Å². The Balaban J connectivity index is 1.29. The van der Waals surface area contributed by atoms with E-state index in [4.69, 9.17) is 0 Å². The monoisotopic (exact) mass is 531 g/mol. The Hall–Kier alpha value is -4.36. The summed E-state index contributed by atoms with van der Waals surface area (Å²) in [6, 6.07) is 44.8. The van der Waals surface area contributed by atoms with Gasteiger partial charge in [-0.3, -0.25) is 0 Å². The Morgan fingerprint density at radius 1 is 0.439 bits per heavy atom. The van der Waals surface area contributed by atoms with E-state index in [0.717, 1.165) is 0 Å². The zero-order valence-electron chi connectivity index (χ0n) is 23.7. The molecule has 0 heterocycles. The maximum Gasteiger partial charge on any atom is 0.0464 e. The van der Waals surface area contributed by atoms with Gasteiger partial charge in [-0.25, -0.2) is 0 Å². The molecule has 2 aliphatic rings. The molecular formula is C40H37N. The quantitative estimate of drug-likeness (QED) is 0.197. The first-order valence-corrected chi connectivity index (χ1v) is 15.3. The van der Waals surface area contributed by atoms with Gasteiger partial charge in [-0.05, 0) is 138 Å². The number of rotatable bonds is 6. The summed E-state index contributed by atoms with van der Waals surface area (Å²) in [6.45, 7) is 0. The van der Waals surface area contributed by atoms with Crippen molar-refractivity contribution in [1.29, 1.82) is 0 Å². The molecule has 0 amide bonds. The maximum atomic E-state index is 2.46. The normalized spacial score (nSPS) is 14.0. The van der Waals surface area contributed by atoms with E-state index in [1.165, 1.54) is 113 Å². The van der Waals surface area contributed by atoms with Gasteiger partial charge in [0, 0.05) is 17.1 Å². The fraction of sp³-hybridized carbons (Fsp3) is 0.200. The molecule has 0 atom stereocenters. The standard InChI is InChI=1S/C40H37N/c1-3-13-33(14-4-1)40(34-15-5-2-6-16-34)27-30-19-23-37(24-20-30)41(38-25-21-31-11-7-9-17-35(31)28-38)39-26-22-32-12-8-10-18-36(32)29-39/h1-6,13-16,19-29H,7-12,17-18H2. The van der Waals surface area contributed by atoms with Crippen molar-refractivity contribution >= 4 is 28.7 Å². The largest absolute Gasteiger partial charge is 0.310 e. The smallest absolute Gasteiger partial charge is 0.0464 e. The highest BCUT2D eigenvalue weighted by Gasteiger charge is 2.18. The van der Waals surface area contributed by atoms with Crippen LogP contribution in [0.15, 0.2) is 121 Å². The number of anilines is 3. The number of hydrogen-bond acceptors (Lipinski definition) is 1.